The Kier molecular flexibility index (Phi) is 5.73. The first-order chi connectivity index (χ1) is 9.99. The molecule has 1 atom stereocenters. The summed E-state index contributed by atoms with van der Waals surface area (Å²) in [5.74, 6) is 0. The van der Waals surface area contributed by atoms with Gasteiger partial charge in [0.15, 0.2) is 0 Å². The monoisotopic (exact) mass is 330 g/mol. The lowest BCUT2D eigenvalue weighted by Gasteiger charge is -2.27. The van der Waals surface area contributed by atoms with Gasteiger partial charge in [-0.25, -0.2) is 4.79 Å². The van der Waals surface area contributed by atoms with Crippen LogP contribution >= 0.6 is 23.2 Å². The maximum absolute atomic E-state index is 12.2. The van der Waals surface area contributed by atoms with E-state index in [-0.39, 0.29) is 12.1 Å². The number of nitrogens with zero attached hydrogens (tertiary/aromatic N) is 1. The zero-order chi connectivity index (χ0) is 15.4. The molecule has 1 saturated heterocycles. The van der Waals surface area contributed by atoms with Gasteiger partial charge in [-0.3, -0.25) is 0 Å². The van der Waals surface area contributed by atoms with Crippen molar-refractivity contribution in [2.24, 2.45) is 0 Å². The van der Waals surface area contributed by atoms with Crippen LogP contribution in [0.3, 0.4) is 0 Å². The molecule has 0 saturated carbocycles. The number of likely N-dealkylation sites (N-methyl/N-ethyl adjacent to an activating group) is 1. The number of carbonyl (C=O) groups excluding carboxylic acids is 1. The largest absolute Gasteiger partial charge is 0.376 e. The molecule has 0 aliphatic carbocycles. The van der Waals surface area contributed by atoms with E-state index >= 15 is 0 Å². The number of ether oxygens (including phenoxy) is 1. The van der Waals surface area contributed by atoms with E-state index in [4.69, 9.17) is 27.9 Å². The second-order valence-corrected chi connectivity index (χ2v) is 6.12. The van der Waals surface area contributed by atoms with E-state index in [1.54, 1.807) is 24.1 Å². The molecule has 2 rings (SSSR count). The van der Waals surface area contributed by atoms with Crippen LogP contribution in [0.25, 0.3) is 0 Å². The number of anilines is 1. The molecule has 116 valence electrons. The fourth-order valence-electron chi connectivity index (χ4n) is 2.31. The fourth-order valence-corrected chi connectivity index (χ4v) is 2.73. The summed E-state index contributed by atoms with van der Waals surface area (Å²) >= 11 is 12.2. The summed E-state index contributed by atoms with van der Waals surface area (Å²) in [7, 11) is 1.75. The molecule has 1 N–H and O–H groups in total. The zero-order valence-corrected chi connectivity index (χ0v) is 13.8. The van der Waals surface area contributed by atoms with E-state index in [1.165, 1.54) is 0 Å². The Morgan fingerprint density at radius 3 is 2.86 bits per heavy atom. The van der Waals surface area contributed by atoms with Crippen LogP contribution in [0.2, 0.25) is 10.0 Å². The fraction of sp³-hybridized carbons (Fsp3) is 0.533. The maximum atomic E-state index is 12.2. The number of benzene rings is 1. The number of hydrogen-bond donors (Lipinski definition) is 1. The van der Waals surface area contributed by atoms with Gasteiger partial charge in [-0.2, -0.15) is 0 Å². The summed E-state index contributed by atoms with van der Waals surface area (Å²) in [5, 5.41) is 3.86. The summed E-state index contributed by atoms with van der Waals surface area (Å²) in [6, 6.07) is 3.23. The Morgan fingerprint density at radius 1 is 1.43 bits per heavy atom. The van der Waals surface area contributed by atoms with Crippen molar-refractivity contribution < 1.29 is 9.53 Å². The van der Waals surface area contributed by atoms with Crippen molar-refractivity contribution in [3.05, 3.63) is 27.7 Å². The van der Waals surface area contributed by atoms with Gasteiger partial charge >= 0.3 is 6.03 Å². The Morgan fingerprint density at radius 2 is 2.19 bits per heavy atom. The van der Waals surface area contributed by atoms with Gasteiger partial charge in [-0.05, 0) is 43.9 Å². The number of rotatable bonds is 3. The summed E-state index contributed by atoms with van der Waals surface area (Å²) in [6.07, 6.45) is 3.38. The molecular weight excluding hydrogens is 311 g/mol. The van der Waals surface area contributed by atoms with Gasteiger partial charge in [0, 0.05) is 25.2 Å². The minimum Gasteiger partial charge on any atom is -0.376 e. The van der Waals surface area contributed by atoms with E-state index < -0.39 is 0 Å². The van der Waals surface area contributed by atoms with Gasteiger partial charge in [0.25, 0.3) is 0 Å². The summed E-state index contributed by atoms with van der Waals surface area (Å²) < 4.78 is 5.64. The van der Waals surface area contributed by atoms with Crippen LogP contribution in [0.1, 0.15) is 24.8 Å². The predicted octanol–water partition coefficient (Wildman–Crippen LogP) is 4.33. The third-order valence-corrected chi connectivity index (χ3v) is 4.56. The minimum atomic E-state index is -0.201. The number of halogens is 2. The molecule has 4 nitrogen and oxygen atoms in total. The normalized spacial score (nSPS) is 18.4. The Labute approximate surface area is 135 Å². The zero-order valence-electron chi connectivity index (χ0n) is 12.3. The molecule has 1 unspecified atom stereocenters. The van der Waals surface area contributed by atoms with Crippen LogP contribution in [0.5, 0.6) is 0 Å². The Hall–Kier alpha value is -0.970. The lowest BCUT2D eigenvalue weighted by molar-refractivity contribution is 0.00463. The highest BCUT2D eigenvalue weighted by Crippen LogP contribution is 2.31. The quantitative estimate of drug-likeness (QED) is 0.895. The predicted molar refractivity (Wildman–Crippen MR) is 86.4 cm³/mol. The van der Waals surface area contributed by atoms with Crippen molar-refractivity contribution in [2.75, 3.05) is 25.5 Å². The molecule has 1 heterocycles. The molecule has 1 aromatic rings. The van der Waals surface area contributed by atoms with Crippen molar-refractivity contribution in [1.82, 2.24) is 4.90 Å². The van der Waals surface area contributed by atoms with Gasteiger partial charge in [-0.15, -0.1) is 0 Å². The first-order valence-electron chi connectivity index (χ1n) is 7.07. The minimum absolute atomic E-state index is 0.122. The second-order valence-electron chi connectivity index (χ2n) is 5.33. The molecule has 1 fully saturated rings. The first kappa shape index (κ1) is 16.4. The molecule has 1 aliphatic rings. The second kappa shape index (κ2) is 7.34. The molecule has 21 heavy (non-hydrogen) atoms. The molecule has 2 amide bonds. The van der Waals surface area contributed by atoms with Crippen LogP contribution in [-0.4, -0.2) is 37.2 Å². The number of carbonyl (C=O) groups is 1. The highest BCUT2D eigenvalue weighted by atomic mass is 35.5. The lowest BCUT2D eigenvalue weighted by Crippen LogP contribution is -2.39. The van der Waals surface area contributed by atoms with Crippen LogP contribution < -0.4 is 5.32 Å². The van der Waals surface area contributed by atoms with Crippen LogP contribution in [-0.2, 0) is 4.74 Å². The Bertz CT molecular complexity index is 517. The van der Waals surface area contributed by atoms with Crippen molar-refractivity contribution in [3.8, 4) is 0 Å². The summed E-state index contributed by atoms with van der Waals surface area (Å²) in [5.41, 5.74) is 1.33. The smallest absolute Gasteiger partial charge is 0.321 e. The van der Waals surface area contributed by atoms with Crippen LogP contribution in [0.15, 0.2) is 12.1 Å². The average molecular weight is 331 g/mol. The third-order valence-electron chi connectivity index (χ3n) is 3.66. The van der Waals surface area contributed by atoms with Crippen LogP contribution in [0, 0.1) is 6.92 Å². The van der Waals surface area contributed by atoms with E-state index in [0.29, 0.717) is 22.3 Å². The number of urea groups is 1. The van der Waals surface area contributed by atoms with Crippen LogP contribution in [0.4, 0.5) is 10.5 Å². The summed E-state index contributed by atoms with van der Waals surface area (Å²) in [6.45, 7) is 3.18. The van der Waals surface area contributed by atoms with Crippen molar-refractivity contribution >= 4 is 34.9 Å². The van der Waals surface area contributed by atoms with Gasteiger partial charge in [0.05, 0.1) is 16.8 Å². The molecular formula is C15H20Cl2N2O2. The van der Waals surface area contributed by atoms with E-state index in [1.807, 2.05) is 6.92 Å². The number of amides is 2. The first-order valence-corrected chi connectivity index (χ1v) is 7.83. The molecule has 0 bridgehead atoms. The SMILES string of the molecule is Cc1c(Cl)ccc(NC(=O)N(C)CC2CCCCO2)c1Cl. The lowest BCUT2D eigenvalue weighted by atomic mass is 10.1. The molecule has 0 radical (unpaired) electrons. The van der Waals surface area contributed by atoms with Gasteiger partial charge in [0.2, 0.25) is 0 Å². The van der Waals surface area contributed by atoms with Crippen molar-refractivity contribution in [3.63, 3.8) is 0 Å². The molecule has 0 aromatic heterocycles. The summed E-state index contributed by atoms with van der Waals surface area (Å²) in [4.78, 5) is 13.8. The molecule has 0 spiro atoms. The standard InChI is InChI=1S/C15H20Cl2N2O2/c1-10-12(16)6-7-13(14(10)17)18-15(20)19(2)9-11-5-3-4-8-21-11/h6-7,11H,3-5,8-9H2,1-2H3,(H,18,20). The highest BCUT2D eigenvalue weighted by molar-refractivity contribution is 6.38. The van der Waals surface area contributed by atoms with Crippen molar-refractivity contribution in [1.29, 1.82) is 0 Å². The van der Waals surface area contributed by atoms with E-state index in [9.17, 15) is 4.79 Å². The molecule has 1 aromatic carbocycles. The molecule has 6 heteroatoms. The maximum Gasteiger partial charge on any atom is 0.321 e. The highest BCUT2D eigenvalue weighted by Gasteiger charge is 2.19. The van der Waals surface area contributed by atoms with E-state index in [2.05, 4.69) is 5.32 Å². The molecule has 1 aliphatic heterocycles. The third kappa shape index (κ3) is 4.25. The van der Waals surface area contributed by atoms with Crippen molar-refractivity contribution in [2.45, 2.75) is 32.3 Å². The van der Waals surface area contributed by atoms with E-state index in [0.717, 1.165) is 31.4 Å². The average Bonchev–Trinajstić information content (AvgIpc) is 2.48. The Balaban J connectivity index is 1.95. The van der Waals surface area contributed by atoms with Gasteiger partial charge in [0.1, 0.15) is 0 Å². The topological polar surface area (TPSA) is 41.6 Å². The van der Waals surface area contributed by atoms with Gasteiger partial charge in [-0.1, -0.05) is 23.2 Å². The van der Waals surface area contributed by atoms with Gasteiger partial charge < -0.3 is 15.0 Å². The number of nitrogens with one attached hydrogen (secondary N) is 1. The number of hydrogen-bond acceptors (Lipinski definition) is 2.